The standard InChI is InChI=1S/C24H23NO2/c26-23(27-18-10-13-20-11-4-1-5-12-20)19-25-24(21-14-6-2-7-15-21)22-16-8-3-9-17-22/h1-17,24-25H,18-19H2. The van der Waals surface area contributed by atoms with Crippen molar-refractivity contribution in [2.45, 2.75) is 6.04 Å². The van der Waals surface area contributed by atoms with Crippen LogP contribution in [0.25, 0.3) is 6.08 Å². The molecular weight excluding hydrogens is 334 g/mol. The number of rotatable bonds is 8. The van der Waals surface area contributed by atoms with E-state index in [9.17, 15) is 4.79 Å². The van der Waals surface area contributed by atoms with Gasteiger partial charge in [-0.25, -0.2) is 0 Å². The molecule has 3 rings (SSSR count). The maximum Gasteiger partial charge on any atom is 0.320 e. The number of nitrogens with one attached hydrogen (secondary N) is 1. The number of hydrogen-bond donors (Lipinski definition) is 1. The van der Waals surface area contributed by atoms with Gasteiger partial charge in [0.1, 0.15) is 6.61 Å². The zero-order valence-corrected chi connectivity index (χ0v) is 15.1. The van der Waals surface area contributed by atoms with Crippen LogP contribution in [0.3, 0.4) is 0 Å². The van der Waals surface area contributed by atoms with E-state index in [0.717, 1.165) is 16.7 Å². The Morgan fingerprint density at radius 1 is 0.815 bits per heavy atom. The molecule has 1 N–H and O–H groups in total. The fourth-order valence-corrected chi connectivity index (χ4v) is 2.84. The molecule has 0 aliphatic rings. The summed E-state index contributed by atoms with van der Waals surface area (Å²) in [6.45, 7) is 0.407. The number of hydrogen-bond acceptors (Lipinski definition) is 3. The lowest BCUT2D eigenvalue weighted by molar-refractivity contribution is -0.141. The van der Waals surface area contributed by atoms with Crippen molar-refractivity contribution < 1.29 is 9.53 Å². The third-order valence-electron chi connectivity index (χ3n) is 4.17. The first-order chi connectivity index (χ1) is 13.3. The van der Waals surface area contributed by atoms with Gasteiger partial charge in [-0.3, -0.25) is 10.1 Å². The van der Waals surface area contributed by atoms with Crippen molar-refractivity contribution in [3.05, 3.63) is 114 Å². The Hall–Kier alpha value is -3.17. The minimum atomic E-state index is -0.274. The molecule has 136 valence electrons. The Labute approximate surface area is 160 Å². The fourth-order valence-electron chi connectivity index (χ4n) is 2.84. The average molecular weight is 357 g/mol. The van der Waals surface area contributed by atoms with Crippen LogP contribution >= 0.6 is 0 Å². The number of esters is 1. The molecule has 0 unspecified atom stereocenters. The summed E-state index contributed by atoms with van der Waals surface area (Å²) in [6, 6.07) is 30.1. The average Bonchev–Trinajstić information content (AvgIpc) is 2.74. The van der Waals surface area contributed by atoms with Crippen LogP contribution < -0.4 is 5.32 Å². The van der Waals surface area contributed by atoms with Crippen molar-refractivity contribution in [1.82, 2.24) is 5.32 Å². The molecule has 0 spiro atoms. The van der Waals surface area contributed by atoms with Crippen LogP contribution in [0.5, 0.6) is 0 Å². The summed E-state index contributed by atoms with van der Waals surface area (Å²) < 4.78 is 5.30. The van der Waals surface area contributed by atoms with Gasteiger partial charge in [0, 0.05) is 0 Å². The van der Waals surface area contributed by atoms with Crippen molar-refractivity contribution in [3.8, 4) is 0 Å². The quantitative estimate of drug-likeness (QED) is 0.598. The molecule has 0 amide bonds. The second-order valence-corrected chi connectivity index (χ2v) is 6.13. The van der Waals surface area contributed by atoms with Crippen LogP contribution in [-0.2, 0) is 9.53 Å². The van der Waals surface area contributed by atoms with Crippen LogP contribution in [0.15, 0.2) is 97.1 Å². The number of carbonyl (C=O) groups is 1. The highest BCUT2D eigenvalue weighted by molar-refractivity contribution is 5.72. The number of ether oxygens (including phenoxy) is 1. The summed E-state index contributed by atoms with van der Waals surface area (Å²) in [5, 5.41) is 3.31. The molecule has 0 saturated carbocycles. The minimum absolute atomic E-state index is 0.0557. The molecule has 0 aliphatic carbocycles. The van der Waals surface area contributed by atoms with Gasteiger partial charge < -0.3 is 4.74 Å². The van der Waals surface area contributed by atoms with E-state index in [-0.39, 0.29) is 25.2 Å². The smallest absolute Gasteiger partial charge is 0.320 e. The molecule has 0 radical (unpaired) electrons. The van der Waals surface area contributed by atoms with Crippen LogP contribution in [0.2, 0.25) is 0 Å². The number of carbonyl (C=O) groups excluding carboxylic acids is 1. The van der Waals surface area contributed by atoms with Gasteiger partial charge in [-0.2, -0.15) is 0 Å². The molecule has 0 atom stereocenters. The van der Waals surface area contributed by atoms with Gasteiger partial charge in [0.15, 0.2) is 0 Å². The van der Waals surface area contributed by atoms with Crippen molar-refractivity contribution in [3.63, 3.8) is 0 Å². The molecule has 0 heterocycles. The van der Waals surface area contributed by atoms with Crippen LogP contribution in [0.1, 0.15) is 22.7 Å². The Bertz CT molecular complexity index is 806. The van der Waals surface area contributed by atoms with E-state index < -0.39 is 0 Å². The normalized spacial score (nSPS) is 11.0. The highest BCUT2D eigenvalue weighted by Gasteiger charge is 2.14. The monoisotopic (exact) mass is 357 g/mol. The highest BCUT2D eigenvalue weighted by atomic mass is 16.5. The summed E-state index contributed by atoms with van der Waals surface area (Å²) in [6.07, 6.45) is 3.79. The summed E-state index contributed by atoms with van der Waals surface area (Å²) >= 11 is 0. The molecule has 0 saturated heterocycles. The second kappa shape index (κ2) is 10.1. The fraction of sp³-hybridized carbons (Fsp3) is 0.125. The Kier molecular flexibility index (Phi) is 6.96. The lowest BCUT2D eigenvalue weighted by atomic mass is 9.99. The van der Waals surface area contributed by atoms with E-state index in [4.69, 9.17) is 4.74 Å². The van der Waals surface area contributed by atoms with Gasteiger partial charge in [0.05, 0.1) is 12.6 Å². The Morgan fingerprint density at radius 2 is 1.33 bits per heavy atom. The zero-order chi connectivity index (χ0) is 18.7. The van der Waals surface area contributed by atoms with Crippen molar-refractivity contribution in [1.29, 1.82) is 0 Å². The lowest BCUT2D eigenvalue weighted by Crippen LogP contribution is -2.29. The molecule has 0 fully saturated rings. The van der Waals surface area contributed by atoms with Crippen molar-refractivity contribution >= 4 is 12.0 Å². The maximum atomic E-state index is 12.1. The van der Waals surface area contributed by atoms with E-state index in [2.05, 4.69) is 29.6 Å². The molecule has 0 aromatic heterocycles. The molecule has 27 heavy (non-hydrogen) atoms. The second-order valence-electron chi connectivity index (χ2n) is 6.13. The van der Waals surface area contributed by atoms with E-state index in [1.165, 1.54) is 0 Å². The Morgan fingerprint density at radius 3 is 1.89 bits per heavy atom. The maximum absolute atomic E-state index is 12.1. The largest absolute Gasteiger partial charge is 0.460 e. The van der Waals surface area contributed by atoms with Gasteiger partial charge in [0.2, 0.25) is 0 Å². The molecule has 3 aromatic rings. The van der Waals surface area contributed by atoms with Gasteiger partial charge in [0.25, 0.3) is 0 Å². The summed E-state index contributed by atoms with van der Waals surface area (Å²) in [5.41, 5.74) is 3.31. The SMILES string of the molecule is O=C(CNC(c1ccccc1)c1ccccc1)OCC=Cc1ccccc1. The predicted molar refractivity (Wildman–Crippen MR) is 109 cm³/mol. The van der Waals surface area contributed by atoms with Gasteiger partial charge in [-0.1, -0.05) is 97.1 Å². The van der Waals surface area contributed by atoms with Crippen molar-refractivity contribution in [2.75, 3.05) is 13.2 Å². The third kappa shape index (κ3) is 5.94. The summed E-state index contributed by atoms with van der Waals surface area (Å²) in [7, 11) is 0. The van der Waals surface area contributed by atoms with Crippen LogP contribution in [-0.4, -0.2) is 19.1 Å². The van der Waals surface area contributed by atoms with Crippen LogP contribution in [0, 0.1) is 0 Å². The summed E-state index contributed by atoms with van der Waals surface area (Å²) in [5.74, 6) is -0.274. The third-order valence-corrected chi connectivity index (χ3v) is 4.17. The first kappa shape index (κ1) is 18.6. The zero-order valence-electron chi connectivity index (χ0n) is 15.1. The van der Waals surface area contributed by atoms with E-state index >= 15 is 0 Å². The topological polar surface area (TPSA) is 38.3 Å². The molecule has 0 bridgehead atoms. The number of benzene rings is 3. The Balaban J connectivity index is 1.54. The van der Waals surface area contributed by atoms with Gasteiger partial charge in [-0.05, 0) is 22.8 Å². The van der Waals surface area contributed by atoms with E-state index in [0.29, 0.717) is 0 Å². The highest BCUT2D eigenvalue weighted by Crippen LogP contribution is 2.21. The first-order valence-corrected chi connectivity index (χ1v) is 9.03. The van der Waals surface area contributed by atoms with E-state index in [1.807, 2.05) is 78.9 Å². The molecular formula is C24H23NO2. The molecule has 3 nitrogen and oxygen atoms in total. The van der Waals surface area contributed by atoms with E-state index in [1.54, 1.807) is 0 Å². The van der Waals surface area contributed by atoms with Crippen LogP contribution in [0.4, 0.5) is 0 Å². The molecule has 3 heteroatoms. The van der Waals surface area contributed by atoms with Gasteiger partial charge in [-0.15, -0.1) is 0 Å². The summed E-state index contributed by atoms with van der Waals surface area (Å²) in [4.78, 5) is 12.1. The van der Waals surface area contributed by atoms with Crippen molar-refractivity contribution in [2.24, 2.45) is 0 Å². The van der Waals surface area contributed by atoms with Gasteiger partial charge >= 0.3 is 5.97 Å². The first-order valence-electron chi connectivity index (χ1n) is 9.03. The predicted octanol–water partition coefficient (Wildman–Crippen LogP) is 4.62. The minimum Gasteiger partial charge on any atom is -0.460 e. The molecule has 0 aliphatic heterocycles. The lowest BCUT2D eigenvalue weighted by Gasteiger charge is -2.19. The molecule has 3 aromatic carbocycles.